The Hall–Kier alpha value is -2.65. The third kappa shape index (κ3) is 5.48. The van der Waals surface area contributed by atoms with Crippen LogP contribution in [0.2, 0.25) is 0 Å². The van der Waals surface area contributed by atoms with Crippen molar-refractivity contribution in [1.29, 1.82) is 0 Å². The van der Waals surface area contributed by atoms with Gasteiger partial charge in [0.05, 0.1) is 5.75 Å². The second-order valence-electron chi connectivity index (χ2n) is 6.91. The molecular weight excluding hydrogens is 418 g/mol. The summed E-state index contributed by atoms with van der Waals surface area (Å²) in [7, 11) is 0. The van der Waals surface area contributed by atoms with Crippen molar-refractivity contribution in [3.8, 4) is 0 Å². The van der Waals surface area contributed by atoms with E-state index in [-0.39, 0.29) is 11.7 Å². The van der Waals surface area contributed by atoms with Gasteiger partial charge in [-0.05, 0) is 44.5 Å². The fourth-order valence-corrected chi connectivity index (χ4v) is 4.83. The van der Waals surface area contributed by atoms with E-state index in [1.54, 1.807) is 0 Å². The number of ketones is 1. The first-order valence-electron chi connectivity index (χ1n) is 9.68. The molecule has 9 heteroatoms. The number of aromatic nitrogens is 3. The summed E-state index contributed by atoms with van der Waals surface area (Å²) in [5.74, 6) is 0.299. The van der Waals surface area contributed by atoms with Gasteiger partial charge in [-0.3, -0.25) is 9.59 Å². The van der Waals surface area contributed by atoms with Crippen LogP contribution >= 0.6 is 23.1 Å². The van der Waals surface area contributed by atoms with E-state index < -0.39 is 0 Å². The molecule has 0 atom stereocenters. The molecule has 158 valence electrons. The molecule has 0 fully saturated rings. The van der Waals surface area contributed by atoms with Gasteiger partial charge in [-0.25, -0.2) is 0 Å². The molecule has 1 aromatic carbocycles. The lowest BCUT2D eigenvalue weighted by atomic mass is 10.2. The second kappa shape index (κ2) is 9.90. The van der Waals surface area contributed by atoms with Crippen LogP contribution in [0.3, 0.4) is 0 Å². The lowest BCUT2D eigenvalue weighted by Gasteiger charge is -2.07. The van der Waals surface area contributed by atoms with E-state index in [1.807, 2.05) is 44.2 Å². The van der Waals surface area contributed by atoms with Gasteiger partial charge in [0.2, 0.25) is 11.0 Å². The summed E-state index contributed by atoms with van der Waals surface area (Å²) in [6, 6.07) is 9.35. The molecule has 0 aliphatic rings. The normalized spacial score (nSPS) is 10.8. The third-order valence-electron chi connectivity index (χ3n) is 4.49. The monoisotopic (exact) mass is 443 g/mol. The Labute approximate surface area is 184 Å². The highest BCUT2D eigenvalue weighted by atomic mass is 32.2. The number of anilines is 3. The molecule has 3 rings (SSSR count). The maximum absolute atomic E-state index is 12.7. The van der Waals surface area contributed by atoms with Crippen molar-refractivity contribution in [3.63, 3.8) is 0 Å². The molecule has 30 heavy (non-hydrogen) atoms. The number of aryl methyl sites for hydroxylation is 1. The van der Waals surface area contributed by atoms with Gasteiger partial charge < -0.3 is 15.2 Å². The van der Waals surface area contributed by atoms with E-state index in [9.17, 15) is 9.59 Å². The molecule has 3 aromatic rings. The van der Waals surface area contributed by atoms with Crippen LogP contribution in [0.5, 0.6) is 0 Å². The molecule has 0 spiro atoms. The van der Waals surface area contributed by atoms with E-state index >= 15 is 0 Å². The molecule has 1 amide bonds. The Kier molecular flexibility index (Phi) is 7.28. The van der Waals surface area contributed by atoms with Crippen LogP contribution in [0.1, 0.15) is 42.0 Å². The first-order chi connectivity index (χ1) is 14.4. The van der Waals surface area contributed by atoms with Crippen molar-refractivity contribution < 1.29 is 9.59 Å². The van der Waals surface area contributed by atoms with Crippen LogP contribution in [0.15, 0.2) is 34.7 Å². The molecule has 2 heterocycles. The van der Waals surface area contributed by atoms with E-state index in [4.69, 9.17) is 0 Å². The molecule has 0 saturated carbocycles. The maximum Gasteiger partial charge on any atom is 0.221 e. The lowest BCUT2D eigenvalue weighted by molar-refractivity contribution is -0.114. The summed E-state index contributed by atoms with van der Waals surface area (Å²) in [5, 5.41) is 14.9. The quantitative estimate of drug-likeness (QED) is 0.356. The Balaban J connectivity index is 1.60. The average Bonchev–Trinajstić information content (AvgIpc) is 3.25. The topological polar surface area (TPSA) is 88.9 Å². The van der Waals surface area contributed by atoms with Crippen molar-refractivity contribution in [3.05, 3.63) is 47.3 Å². The minimum atomic E-state index is -0.123. The zero-order valence-electron chi connectivity index (χ0n) is 17.5. The van der Waals surface area contributed by atoms with Crippen LogP contribution in [-0.4, -0.2) is 32.2 Å². The summed E-state index contributed by atoms with van der Waals surface area (Å²) in [4.78, 5) is 23.9. The van der Waals surface area contributed by atoms with Gasteiger partial charge in [0.15, 0.2) is 10.1 Å². The number of nitrogens with one attached hydrogen (secondary N) is 2. The average molecular weight is 444 g/mol. The summed E-state index contributed by atoms with van der Waals surface area (Å²) >= 11 is 2.78. The molecule has 0 unspecified atom stereocenters. The number of rotatable bonds is 9. The first kappa shape index (κ1) is 22.0. The molecule has 0 bridgehead atoms. The Morgan fingerprint density at radius 1 is 1.17 bits per heavy atom. The number of amides is 1. The summed E-state index contributed by atoms with van der Waals surface area (Å²) in [5.41, 5.74) is 4.43. The van der Waals surface area contributed by atoms with Gasteiger partial charge in [-0.15, -0.1) is 10.2 Å². The maximum atomic E-state index is 12.7. The van der Waals surface area contributed by atoms with E-state index in [0.29, 0.717) is 16.6 Å². The standard InChI is InChI=1S/C21H25N5O2S2/c1-5-9-26-13(2)10-18(14(26)3)19(28)12-29-21-25-24-20(30-21)23-17-8-6-7-16(11-17)22-15(4)27/h6-8,10-11H,5,9,12H2,1-4H3,(H,22,27)(H,23,24). The highest BCUT2D eigenvalue weighted by Crippen LogP contribution is 2.29. The van der Waals surface area contributed by atoms with Crippen molar-refractivity contribution in [2.24, 2.45) is 0 Å². The predicted octanol–water partition coefficient (Wildman–Crippen LogP) is 5.04. The second-order valence-corrected chi connectivity index (χ2v) is 9.11. The fraction of sp³-hybridized carbons (Fsp3) is 0.333. The molecule has 7 nitrogen and oxygen atoms in total. The minimum absolute atomic E-state index is 0.100. The Morgan fingerprint density at radius 2 is 1.93 bits per heavy atom. The lowest BCUT2D eigenvalue weighted by Crippen LogP contribution is -2.06. The van der Waals surface area contributed by atoms with Crippen molar-refractivity contribution in [2.45, 2.75) is 45.0 Å². The molecule has 0 saturated heterocycles. The number of carbonyl (C=O) groups excluding carboxylic acids is 2. The molecular formula is C21H25N5O2S2. The Bertz CT molecular complexity index is 1060. The van der Waals surface area contributed by atoms with E-state index in [2.05, 4.69) is 32.3 Å². The van der Waals surface area contributed by atoms with Gasteiger partial charge in [0, 0.05) is 41.8 Å². The van der Waals surface area contributed by atoms with Crippen molar-refractivity contribution >= 4 is 51.3 Å². The Morgan fingerprint density at radius 3 is 2.67 bits per heavy atom. The molecule has 0 aliphatic heterocycles. The summed E-state index contributed by atoms with van der Waals surface area (Å²) in [6.07, 6.45) is 1.03. The van der Waals surface area contributed by atoms with Crippen molar-refractivity contribution in [2.75, 3.05) is 16.4 Å². The largest absolute Gasteiger partial charge is 0.348 e. The SMILES string of the molecule is CCCn1c(C)cc(C(=O)CSc2nnc(Nc3cccc(NC(C)=O)c3)s2)c1C. The zero-order chi connectivity index (χ0) is 21.7. The number of Topliss-reactive ketones (excluding diaryl/α,β-unsaturated/α-hetero) is 1. The van der Waals surface area contributed by atoms with Crippen LogP contribution < -0.4 is 10.6 Å². The molecule has 2 aromatic heterocycles. The number of nitrogens with zero attached hydrogens (tertiary/aromatic N) is 3. The first-order valence-corrected chi connectivity index (χ1v) is 11.5. The highest BCUT2D eigenvalue weighted by Gasteiger charge is 2.16. The molecule has 2 N–H and O–H groups in total. The van der Waals surface area contributed by atoms with Crippen LogP contribution in [0, 0.1) is 13.8 Å². The highest BCUT2D eigenvalue weighted by molar-refractivity contribution is 8.01. The van der Waals surface area contributed by atoms with Gasteiger partial charge >= 0.3 is 0 Å². The van der Waals surface area contributed by atoms with E-state index in [1.165, 1.54) is 30.0 Å². The van der Waals surface area contributed by atoms with Gasteiger partial charge in [-0.1, -0.05) is 36.1 Å². The van der Waals surface area contributed by atoms with Gasteiger partial charge in [-0.2, -0.15) is 0 Å². The zero-order valence-corrected chi connectivity index (χ0v) is 19.1. The number of thioether (sulfide) groups is 1. The molecule has 0 aliphatic carbocycles. The van der Waals surface area contributed by atoms with Crippen LogP contribution in [0.4, 0.5) is 16.5 Å². The number of hydrogen-bond acceptors (Lipinski definition) is 7. The third-order valence-corrected chi connectivity index (χ3v) is 6.46. The van der Waals surface area contributed by atoms with Crippen molar-refractivity contribution in [1.82, 2.24) is 14.8 Å². The predicted molar refractivity (Wildman–Crippen MR) is 123 cm³/mol. The van der Waals surface area contributed by atoms with Gasteiger partial charge in [0.1, 0.15) is 0 Å². The van der Waals surface area contributed by atoms with Gasteiger partial charge in [0.25, 0.3) is 0 Å². The smallest absolute Gasteiger partial charge is 0.221 e. The minimum Gasteiger partial charge on any atom is -0.348 e. The summed E-state index contributed by atoms with van der Waals surface area (Å²) in [6.45, 7) is 8.57. The van der Waals surface area contributed by atoms with Crippen LogP contribution in [0.25, 0.3) is 0 Å². The number of carbonyl (C=O) groups is 2. The molecule has 0 radical (unpaired) electrons. The number of hydrogen-bond donors (Lipinski definition) is 2. The number of benzene rings is 1. The van der Waals surface area contributed by atoms with E-state index in [0.717, 1.165) is 39.9 Å². The summed E-state index contributed by atoms with van der Waals surface area (Å²) < 4.78 is 2.92. The fourth-order valence-electron chi connectivity index (χ4n) is 3.18. The van der Waals surface area contributed by atoms with Crippen LogP contribution in [-0.2, 0) is 11.3 Å².